The standard InChI is InChI=1S/C25H35N3S.2C4H4O4/c1-3-4-9-21-12-13-23-25(20-21)29-24-11-6-5-10-22(24)28(23)15-8-7-14-27-18-16-26(2)17-19-27;2*5-3(6)1-2-4(7)8/h5-6,10-13,20H,3-4,7-9,14-19H2,1-2H3;2*1-2H,(H,5,6)(H,7,8)/b;2*2-1-. The van der Waals surface area contributed by atoms with Gasteiger partial charge in [0.1, 0.15) is 0 Å². The van der Waals surface area contributed by atoms with Crippen LogP contribution < -0.4 is 4.90 Å². The normalized spacial score (nSPS) is 14.5. The third kappa shape index (κ3) is 14.5. The summed E-state index contributed by atoms with van der Waals surface area (Å²) in [5.74, 6) is -5.03. The number of carboxylic acids is 4. The van der Waals surface area contributed by atoms with Crippen molar-refractivity contribution < 1.29 is 39.6 Å². The van der Waals surface area contributed by atoms with Crippen molar-refractivity contribution in [3.05, 3.63) is 72.3 Å². The number of aliphatic carboxylic acids is 4. The molecule has 1 saturated heterocycles. The number of rotatable bonds is 12. The highest BCUT2D eigenvalue weighted by atomic mass is 32.2. The largest absolute Gasteiger partial charge is 0.478 e. The van der Waals surface area contributed by atoms with Crippen LogP contribution in [0.5, 0.6) is 0 Å². The van der Waals surface area contributed by atoms with E-state index in [1.807, 2.05) is 11.8 Å². The highest BCUT2D eigenvalue weighted by Crippen LogP contribution is 2.48. The van der Waals surface area contributed by atoms with Gasteiger partial charge in [0.25, 0.3) is 0 Å². The van der Waals surface area contributed by atoms with Gasteiger partial charge in [-0.05, 0) is 69.1 Å². The second-order valence-corrected chi connectivity index (χ2v) is 11.6. The average molecular weight is 642 g/mol. The van der Waals surface area contributed by atoms with Gasteiger partial charge in [0.05, 0.1) is 11.4 Å². The number of carboxylic acid groups (broad SMARTS) is 4. The Kier molecular flexibility index (Phi) is 16.5. The number of piperazine rings is 1. The smallest absolute Gasteiger partial charge is 0.328 e. The van der Waals surface area contributed by atoms with E-state index < -0.39 is 23.9 Å². The molecule has 0 saturated carbocycles. The zero-order valence-corrected chi connectivity index (χ0v) is 26.6. The molecule has 0 spiro atoms. The number of hydrogen-bond donors (Lipinski definition) is 4. The van der Waals surface area contributed by atoms with Gasteiger partial charge in [-0.2, -0.15) is 0 Å². The molecule has 1 fully saturated rings. The van der Waals surface area contributed by atoms with Crippen molar-refractivity contribution in [2.24, 2.45) is 0 Å². The lowest BCUT2D eigenvalue weighted by molar-refractivity contribution is -0.134. The van der Waals surface area contributed by atoms with E-state index in [4.69, 9.17) is 20.4 Å². The maximum absolute atomic E-state index is 9.55. The van der Waals surface area contributed by atoms with E-state index in [0.717, 1.165) is 6.54 Å². The van der Waals surface area contributed by atoms with E-state index in [2.05, 4.69) is 71.1 Å². The van der Waals surface area contributed by atoms with Crippen LogP contribution in [-0.4, -0.2) is 100 Å². The van der Waals surface area contributed by atoms with E-state index in [9.17, 15) is 19.2 Å². The monoisotopic (exact) mass is 641 g/mol. The number of benzene rings is 2. The molecule has 45 heavy (non-hydrogen) atoms. The van der Waals surface area contributed by atoms with Crippen molar-refractivity contribution in [1.29, 1.82) is 0 Å². The number of aryl methyl sites for hydroxylation is 1. The predicted molar refractivity (Wildman–Crippen MR) is 175 cm³/mol. The second kappa shape index (κ2) is 20.0. The molecular weight excluding hydrogens is 598 g/mol. The number of hydrogen-bond acceptors (Lipinski definition) is 8. The molecule has 0 unspecified atom stereocenters. The van der Waals surface area contributed by atoms with Crippen LogP contribution in [0.4, 0.5) is 11.4 Å². The fourth-order valence-electron chi connectivity index (χ4n) is 4.62. The number of likely N-dealkylation sites (N-methyl/N-ethyl adjacent to an activating group) is 1. The van der Waals surface area contributed by atoms with Gasteiger partial charge in [-0.3, -0.25) is 0 Å². The molecule has 0 aliphatic carbocycles. The number of nitrogens with zero attached hydrogens (tertiary/aromatic N) is 3. The summed E-state index contributed by atoms with van der Waals surface area (Å²) in [6, 6.07) is 16.1. The van der Waals surface area contributed by atoms with Crippen LogP contribution in [0.15, 0.2) is 76.6 Å². The molecule has 12 heteroatoms. The van der Waals surface area contributed by atoms with Gasteiger partial charge in [0, 0.05) is 66.8 Å². The first-order valence-corrected chi connectivity index (χ1v) is 15.7. The first-order chi connectivity index (χ1) is 21.5. The van der Waals surface area contributed by atoms with Crippen LogP contribution in [0.25, 0.3) is 0 Å². The van der Waals surface area contributed by atoms with E-state index in [1.54, 1.807) is 0 Å². The minimum absolute atomic E-state index is 0.558. The number of unbranched alkanes of at least 4 members (excludes halogenated alkanes) is 2. The van der Waals surface area contributed by atoms with Crippen LogP contribution in [0.1, 0.15) is 38.2 Å². The highest BCUT2D eigenvalue weighted by molar-refractivity contribution is 7.99. The molecule has 4 N–H and O–H groups in total. The van der Waals surface area contributed by atoms with Gasteiger partial charge >= 0.3 is 23.9 Å². The van der Waals surface area contributed by atoms with E-state index in [0.29, 0.717) is 24.3 Å². The fourth-order valence-corrected chi connectivity index (χ4v) is 5.78. The molecule has 0 radical (unpaired) electrons. The summed E-state index contributed by atoms with van der Waals surface area (Å²) in [7, 11) is 2.23. The van der Waals surface area contributed by atoms with Gasteiger partial charge in [0.15, 0.2) is 0 Å². The topological polar surface area (TPSA) is 159 Å². The Labute approximate surface area is 268 Å². The number of fused-ring (bicyclic) bond motifs is 2. The van der Waals surface area contributed by atoms with Gasteiger partial charge in [-0.15, -0.1) is 0 Å². The Morgan fingerprint density at radius 1 is 0.711 bits per heavy atom. The summed E-state index contributed by atoms with van der Waals surface area (Å²) in [6.45, 7) is 9.49. The number of carbonyl (C=O) groups is 4. The Morgan fingerprint density at radius 3 is 1.80 bits per heavy atom. The first-order valence-electron chi connectivity index (χ1n) is 14.9. The fraction of sp³-hybridized carbons (Fsp3) is 0.394. The zero-order valence-electron chi connectivity index (χ0n) is 25.8. The zero-order chi connectivity index (χ0) is 33.2. The quantitative estimate of drug-likeness (QED) is 0.180. The van der Waals surface area contributed by atoms with Gasteiger partial charge < -0.3 is 35.1 Å². The van der Waals surface area contributed by atoms with Crippen molar-refractivity contribution in [3.63, 3.8) is 0 Å². The summed E-state index contributed by atoms with van der Waals surface area (Å²) in [5.41, 5.74) is 4.26. The lowest BCUT2D eigenvalue weighted by Crippen LogP contribution is -2.44. The number of para-hydroxylation sites is 1. The first kappa shape index (κ1) is 37.1. The van der Waals surface area contributed by atoms with Crippen LogP contribution in [-0.2, 0) is 25.6 Å². The minimum Gasteiger partial charge on any atom is -0.478 e. The molecule has 0 aromatic heterocycles. The summed E-state index contributed by atoms with van der Waals surface area (Å²) in [5, 5.41) is 31.2. The second-order valence-electron chi connectivity index (χ2n) is 10.5. The molecule has 2 aromatic carbocycles. The van der Waals surface area contributed by atoms with Gasteiger partial charge in [0.2, 0.25) is 0 Å². The van der Waals surface area contributed by atoms with Crippen molar-refractivity contribution in [3.8, 4) is 0 Å². The Hall–Kier alpha value is -4.13. The van der Waals surface area contributed by atoms with E-state index in [1.165, 1.54) is 91.6 Å². The SMILES string of the molecule is CCCCc1ccc2c(c1)Sc1ccccc1N2CCCCN1CCN(C)CC1.O=C(O)/C=C\C(=O)O.O=C(O)/C=C\C(=O)O. The van der Waals surface area contributed by atoms with Gasteiger partial charge in [-0.25, -0.2) is 19.2 Å². The van der Waals surface area contributed by atoms with E-state index in [-0.39, 0.29) is 0 Å². The molecule has 4 rings (SSSR count). The van der Waals surface area contributed by atoms with Crippen LogP contribution in [0, 0.1) is 0 Å². The molecule has 0 atom stereocenters. The Morgan fingerprint density at radius 2 is 1.24 bits per heavy atom. The third-order valence-electron chi connectivity index (χ3n) is 6.95. The molecule has 2 aliphatic rings. The van der Waals surface area contributed by atoms with Crippen molar-refractivity contribution in [1.82, 2.24) is 9.80 Å². The molecule has 11 nitrogen and oxygen atoms in total. The maximum Gasteiger partial charge on any atom is 0.328 e. The summed E-state index contributed by atoms with van der Waals surface area (Å²) >= 11 is 1.94. The van der Waals surface area contributed by atoms with Crippen LogP contribution in [0.2, 0.25) is 0 Å². The molecule has 0 amide bonds. The summed E-state index contributed by atoms with van der Waals surface area (Å²) in [4.78, 5) is 48.7. The summed E-state index contributed by atoms with van der Waals surface area (Å²) in [6.07, 6.45) is 8.47. The van der Waals surface area contributed by atoms with Crippen molar-refractivity contribution in [2.45, 2.75) is 48.8 Å². The molecule has 244 valence electrons. The molecular formula is C33H43N3O8S. The van der Waals surface area contributed by atoms with E-state index >= 15 is 0 Å². The Bertz CT molecular complexity index is 1270. The maximum atomic E-state index is 9.55. The minimum atomic E-state index is -1.26. The lowest BCUT2D eigenvalue weighted by Gasteiger charge is -2.34. The third-order valence-corrected chi connectivity index (χ3v) is 8.06. The van der Waals surface area contributed by atoms with Crippen LogP contribution >= 0.6 is 11.8 Å². The highest BCUT2D eigenvalue weighted by Gasteiger charge is 2.23. The molecule has 2 heterocycles. The lowest BCUT2D eigenvalue weighted by atomic mass is 10.1. The number of anilines is 2. The summed E-state index contributed by atoms with van der Waals surface area (Å²) < 4.78 is 0. The predicted octanol–water partition coefficient (Wildman–Crippen LogP) is 5.08. The van der Waals surface area contributed by atoms with Crippen molar-refractivity contribution >= 4 is 47.0 Å². The molecule has 0 bridgehead atoms. The van der Waals surface area contributed by atoms with Gasteiger partial charge in [-0.1, -0.05) is 43.3 Å². The average Bonchev–Trinajstić information content (AvgIpc) is 3.01. The van der Waals surface area contributed by atoms with Crippen LogP contribution in [0.3, 0.4) is 0 Å². The van der Waals surface area contributed by atoms with Crippen molar-refractivity contribution in [2.75, 3.05) is 51.2 Å². The molecule has 2 aromatic rings. The molecule has 2 aliphatic heterocycles. The Balaban J connectivity index is 0.000000365.